The quantitative estimate of drug-likeness (QED) is 0.802. The van der Waals surface area contributed by atoms with E-state index in [1.165, 1.54) is 32.1 Å². The predicted molar refractivity (Wildman–Crippen MR) is 107 cm³/mol. The second-order valence-corrected chi connectivity index (χ2v) is 8.10. The van der Waals surface area contributed by atoms with Gasteiger partial charge in [-0.15, -0.1) is 0 Å². The standard InChI is InChI=1S/C21H30N6O/c1-27-19(14-17(26-27)16-9-5-10-22-16)21(28)25-18(20-23-11-6-12-24-20)13-15-7-3-2-4-8-15/h6,11-12,14-16,18,22H,2-5,7-10,13H2,1H3,(H,25,28). The Morgan fingerprint density at radius 1 is 1.21 bits per heavy atom. The maximum absolute atomic E-state index is 13.1. The van der Waals surface area contributed by atoms with Crippen LogP contribution in [0.1, 0.15) is 85.5 Å². The van der Waals surface area contributed by atoms with Gasteiger partial charge < -0.3 is 10.6 Å². The van der Waals surface area contributed by atoms with Gasteiger partial charge in [0.05, 0.1) is 17.8 Å². The lowest BCUT2D eigenvalue weighted by Crippen LogP contribution is -2.32. The van der Waals surface area contributed by atoms with E-state index in [1.807, 2.05) is 19.2 Å². The largest absolute Gasteiger partial charge is 0.341 e. The average molecular weight is 383 g/mol. The van der Waals surface area contributed by atoms with Crippen molar-refractivity contribution in [3.8, 4) is 0 Å². The second kappa shape index (κ2) is 8.82. The smallest absolute Gasteiger partial charge is 0.270 e. The predicted octanol–water partition coefficient (Wildman–Crippen LogP) is 3.08. The fourth-order valence-electron chi connectivity index (χ4n) is 4.52. The van der Waals surface area contributed by atoms with Gasteiger partial charge in [-0.2, -0.15) is 5.10 Å². The topological polar surface area (TPSA) is 84.7 Å². The highest BCUT2D eigenvalue weighted by Crippen LogP contribution is 2.31. The zero-order chi connectivity index (χ0) is 19.3. The molecule has 2 aliphatic rings. The van der Waals surface area contributed by atoms with Gasteiger partial charge in [0.15, 0.2) is 0 Å². The number of amides is 1. The molecule has 150 valence electrons. The maximum atomic E-state index is 13.1. The lowest BCUT2D eigenvalue weighted by molar-refractivity contribution is 0.0916. The number of hydrogen-bond acceptors (Lipinski definition) is 5. The van der Waals surface area contributed by atoms with Crippen LogP contribution < -0.4 is 10.6 Å². The number of aryl methyl sites for hydroxylation is 1. The maximum Gasteiger partial charge on any atom is 0.270 e. The molecule has 7 heteroatoms. The number of rotatable bonds is 6. The molecule has 2 N–H and O–H groups in total. The first-order valence-electron chi connectivity index (χ1n) is 10.6. The van der Waals surface area contributed by atoms with Crippen LogP contribution in [0.5, 0.6) is 0 Å². The van der Waals surface area contributed by atoms with Gasteiger partial charge in [-0.05, 0) is 43.9 Å². The first kappa shape index (κ1) is 19.1. The van der Waals surface area contributed by atoms with Gasteiger partial charge in [0.1, 0.15) is 11.5 Å². The van der Waals surface area contributed by atoms with Crippen LogP contribution in [0.2, 0.25) is 0 Å². The van der Waals surface area contributed by atoms with E-state index in [0.29, 0.717) is 17.4 Å². The van der Waals surface area contributed by atoms with Crippen molar-refractivity contribution in [2.24, 2.45) is 13.0 Å². The molecule has 2 fully saturated rings. The van der Waals surface area contributed by atoms with Gasteiger partial charge in [0.25, 0.3) is 5.91 Å². The SMILES string of the molecule is Cn1nc(C2CCCN2)cc1C(=O)NC(CC1CCCCC1)c1ncccn1. The minimum atomic E-state index is -0.167. The van der Waals surface area contributed by atoms with Crippen LogP contribution in [-0.2, 0) is 7.05 Å². The first-order chi connectivity index (χ1) is 13.7. The van der Waals surface area contributed by atoms with Gasteiger partial charge in [0, 0.05) is 19.4 Å². The summed E-state index contributed by atoms with van der Waals surface area (Å²) in [6.07, 6.45) is 12.9. The third-order valence-electron chi connectivity index (χ3n) is 6.05. The third-order valence-corrected chi connectivity index (χ3v) is 6.05. The number of aromatic nitrogens is 4. The molecule has 0 radical (unpaired) electrons. The van der Waals surface area contributed by atoms with E-state index in [4.69, 9.17) is 0 Å². The van der Waals surface area contributed by atoms with E-state index >= 15 is 0 Å². The highest BCUT2D eigenvalue weighted by Gasteiger charge is 2.26. The van der Waals surface area contributed by atoms with Crippen LogP contribution >= 0.6 is 0 Å². The van der Waals surface area contributed by atoms with Crippen LogP contribution in [0.25, 0.3) is 0 Å². The summed E-state index contributed by atoms with van der Waals surface area (Å²) < 4.78 is 1.69. The normalized spacial score (nSPS) is 21.5. The third kappa shape index (κ3) is 4.41. The molecule has 0 bridgehead atoms. The summed E-state index contributed by atoms with van der Waals surface area (Å²) in [5, 5.41) is 11.2. The minimum absolute atomic E-state index is 0.104. The summed E-state index contributed by atoms with van der Waals surface area (Å²) in [7, 11) is 1.84. The summed E-state index contributed by atoms with van der Waals surface area (Å²) in [4.78, 5) is 21.9. The number of carbonyl (C=O) groups is 1. The summed E-state index contributed by atoms with van der Waals surface area (Å²) in [6.45, 7) is 1.01. The van der Waals surface area contributed by atoms with Crippen molar-refractivity contribution < 1.29 is 4.79 Å². The fraction of sp³-hybridized carbons (Fsp3) is 0.619. The molecule has 2 aromatic heterocycles. The molecule has 0 aromatic carbocycles. The van der Waals surface area contributed by atoms with Crippen LogP contribution in [0.4, 0.5) is 0 Å². The number of hydrogen-bond donors (Lipinski definition) is 2. The Labute approximate surface area is 166 Å². The van der Waals surface area contributed by atoms with E-state index in [-0.39, 0.29) is 18.0 Å². The molecule has 3 heterocycles. The molecule has 2 unspecified atom stereocenters. The van der Waals surface area contributed by atoms with Crippen molar-refractivity contribution in [1.29, 1.82) is 0 Å². The molecule has 4 rings (SSSR count). The van der Waals surface area contributed by atoms with Gasteiger partial charge in [-0.25, -0.2) is 9.97 Å². The Morgan fingerprint density at radius 2 is 2.00 bits per heavy atom. The van der Waals surface area contributed by atoms with Crippen molar-refractivity contribution >= 4 is 5.91 Å². The first-order valence-corrected chi connectivity index (χ1v) is 10.6. The fourth-order valence-corrected chi connectivity index (χ4v) is 4.52. The Morgan fingerprint density at radius 3 is 2.71 bits per heavy atom. The van der Waals surface area contributed by atoms with Gasteiger partial charge in [-0.1, -0.05) is 32.1 Å². The molecular formula is C21H30N6O. The molecule has 2 atom stereocenters. The zero-order valence-corrected chi connectivity index (χ0v) is 16.6. The van der Waals surface area contributed by atoms with Crippen LogP contribution in [0.15, 0.2) is 24.5 Å². The van der Waals surface area contributed by atoms with E-state index in [1.54, 1.807) is 17.1 Å². The monoisotopic (exact) mass is 382 g/mol. The van der Waals surface area contributed by atoms with E-state index in [9.17, 15) is 4.79 Å². The van der Waals surface area contributed by atoms with E-state index in [2.05, 4.69) is 25.7 Å². The molecular weight excluding hydrogens is 352 g/mol. The zero-order valence-electron chi connectivity index (χ0n) is 16.6. The van der Waals surface area contributed by atoms with Crippen molar-refractivity contribution in [3.05, 3.63) is 41.7 Å². The second-order valence-electron chi connectivity index (χ2n) is 8.10. The summed E-state index contributed by atoms with van der Waals surface area (Å²) in [5.41, 5.74) is 1.54. The minimum Gasteiger partial charge on any atom is -0.341 e. The van der Waals surface area contributed by atoms with Crippen LogP contribution in [0, 0.1) is 5.92 Å². The van der Waals surface area contributed by atoms with Crippen molar-refractivity contribution in [1.82, 2.24) is 30.4 Å². The highest BCUT2D eigenvalue weighted by molar-refractivity contribution is 5.92. The Bertz CT molecular complexity index is 777. The molecule has 1 saturated carbocycles. The number of nitrogens with one attached hydrogen (secondary N) is 2. The molecule has 1 saturated heterocycles. The van der Waals surface area contributed by atoms with E-state index in [0.717, 1.165) is 31.5 Å². The molecule has 28 heavy (non-hydrogen) atoms. The summed E-state index contributed by atoms with van der Waals surface area (Å²) in [6, 6.07) is 3.82. The Hall–Kier alpha value is -2.28. The molecule has 2 aromatic rings. The highest BCUT2D eigenvalue weighted by atomic mass is 16.2. The van der Waals surface area contributed by atoms with E-state index < -0.39 is 0 Å². The summed E-state index contributed by atoms with van der Waals surface area (Å²) >= 11 is 0. The Kier molecular flexibility index (Phi) is 6.00. The van der Waals surface area contributed by atoms with Crippen LogP contribution in [-0.4, -0.2) is 32.2 Å². The molecule has 0 spiro atoms. The lowest BCUT2D eigenvalue weighted by Gasteiger charge is -2.26. The molecule has 1 aliphatic carbocycles. The number of nitrogens with zero attached hydrogens (tertiary/aromatic N) is 4. The summed E-state index contributed by atoms with van der Waals surface area (Å²) in [5.74, 6) is 1.21. The van der Waals surface area contributed by atoms with Crippen molar-refractivity contribution in [3.63, 3.8) is 0 Å². The van der Waals surface area contributed by atoms with Gasteiger partial charge >= 0.3 is 0 Å². The van der Waals surface area contributed by atoms with Crippen molar-refractivity contribution in [2.45, 2.75) is 63.5 Å². The Balaban J connectivity index is 1.50. The molecule has 7 nitrogen and oxygen atoms in total. The lowest BCUT2D eigenvalue weighted by atomic mass is 9.84. The van der Waals surface area contributed by atoms with Crippen molar-refractivity contribution in [2.75, 3.05) is 6.54 Å². The molecule has 1 aliphatic heterocycles. The van der Waals surface area contributed by atoms with Gasteiger partial charge in [0.2, 0.25) is 0 Å². The van der Waals surface area contributed by atoms with Crippen LogP contribution in [0.3, 0.4) is 0 Å². The van der Waals surface area contributed by atoms with Gasteiger partial charge in [-0.3, -0.25) is 9.48 Å². The number of carbonyl (C=O) groups excluding carboxylic acids is 1. The molecule has 1 amide bonds. The average Bonchev–Trinajstić information content (AvgIpc) is 3.38.